The van der Waals surface area contributed by atoms with E-state index in [0.29, 0.717) is 6.42 Å². The molecular weight excluding hydrogens is 147 g/mol. The van der Waals surface area contributed by atoms with Crippen LogP contribution in [0.1, 0.15) is 6.42 Å². The molecule has 62 valence electrons. The van der Waals surface area contributed by atoms with Crippen molar-refractivity contribution >= 4 is 0 Å². The summed E-state index contributed by atoms with van der Waals surface area (Å²) in [6.45, 7) is 0. The first kappa shape index (κ1) is 8.27. The molecule has 0 fully saturated rings. The number of halogens is 1. The van der Waals surface area contributed by atoms with Crippen LogP contribution >= 0.6 is 0 Å². The summed E-state index contributed by atoms with van der Waals surface area (Å²) in [6.07, 6.45) is 5.40. The molecule has 1 atom stereocenters. The second-order valence-corrected chi connectivity index (χ2v) is 2.26. The van der Waals surface area contributed by atoms with Crippen LogP contribution in [0.25, 0.3) is 0 Å². The molecule has 0 N–H and O–H groups in total. The molecule has 0 aromatic heterocycles. The van der Waals surface area contributed by atoms with E-state index in [-0.39, 0.29) is 5.76 Å². The zero-order valence-corrected chi connectivity index (χ0v) is 6.63. The van der Waals surface area contributed by atoms with Crippen molar-refractivity contribution in [3.63, 3.8) is 0 Å². The van der Waals surface area contributed by atoms with E-state index < -0.39 is 5.85 Å². The Hall–Kier alpha value is -0.830. The third kappa shape index (κ3) is 1.43. The van der Waals surface area contributed by atoms with Gasteiger partial charge in [-0.1, -0.05) is 6.08 Å². The van der Waals surface area contributed by atoms with E-state index in [1.165, 1.54) is 20.3 Å². The van der Waals surface area contributed by atoms with Crippen LogP contribution < -0.4 is 0 Å². The largest absolute Gasteiger partial charge is 0.495 e. The minimum Gasteiger partial charge on any atom is -0.495 e. The molecule has 0 radical (unpaired) electrons. The van der Waals surface area contributed by atoms with Gasteiger partial charge in [-0.25, -0.2) is 0 Å². The molecule has 2 nitrogen and oxygen atoms in total. The highest BCUT2D eigenvalue weighted by atomic mass is 19.2. The van der Waals surface area contributed by atoms with Crippen molar-refractivity contribution in [1.82, 2.24) is 0 Å². The molecule has 1 rings (SSSR count). The fraction of sp³-hybridized carbons (Fsp3) is 0.500. The second kappa shape index (κ2) is 3.05. The van der Waals surface area contributed by atoms with E-state index in [0.717, 1.165) is 0 Å². The van der Waals surface area contributed by atoms with E-state index in [1.54, 1.807) is 12.2 Å². The maximum atomic E-state index is 13.5. The normalized spacial score (nSPS) is 29.9. The zero-order valence-electron chi connectivity index (χ0n) is 6.63. The van der Waals surface area contributed by atoms with Crippen LogP contribution in [0.2, 0.25) is 0 Å². The smallest absolute Gasteiger partial charge is 0.286 e. The summed E-state index contributed by atoms with van der Waals surface area (Å²) >= 11 is 0. The van der Waals surface area contributed by atoms with Crippen LogP contribution in [-0.4, -0.2) is 20.1 Å². The third-order valence-corrected chi connectivity index (χ3v) is 1.62. The van der Waals surface area contributed by atoms with Crippen LogP contribution in [0.15, 0.2) is 24.0 Å². The van der Waals surface area contributed by atoms with Gasteiger partial charge < -0.3 is 9.47 Å². The van der Waals surface area contributed by atoms with Crippen molar-refractivity contribution in [2.45, 2.75) is 12.3 Å². The summed E-state index contributed by atoms with van der Waals surface area (Å²) in [4.78, 5) is 0. The SMILES string of the molecule is COC1=CCC=CC1(F)OC. The first-order valence-corrected chi connectivity index (χ1v) is 3.39. The lowest BCUT2D eigenvalue weighted by molar-refractivity contribution is -0.0820. The lowest BCUT2D eigenvalue weighted by Gasteiger charge is -2.24. The molecule has 0 saturated carbocycles. The monoisotopic (exact) mass is 158 g/mol. The summed E-state index contributed by atoms with van der Waals surface area (Å²) in [5.41, 5.74) is 0. The summed E-state index contributed by atoms with van der Waals surface area (Å²) in [5.74, 6) is -1.63. The average Bonchev–Trinajstić information content (AvgIpc) is 2.05. The van der Waals surface area contributed by atoms with Crippen LogP contribution in [0, 0.1) is 0 Å². The molecule has 1 unspecified atom stereocenters. The Morgan fingerprint density at radius 3 is 2.73 bits per heavy atom. The second-order valence-electron chi connectivity index (χ2n) is 2.26. The molecule has 0 aromatic rings. The maximum absolute atomic E-state index is 13.5. The highest BCUT2D eigenvalue weighted by Gasteiger charge is 2.33. The van der Waals surface area contributed by atoms with Crippen molar-refractivity contribution in [2.24, 2.45) is 0 Å². The number of hydrogen-bond donors (Lipinski definition) is 0. The molecule has 1 aliphatic carbocycles. The van der Waals surface area contributed by atoms with Gasteiger partial charge >= 0.3 is 0 Å². The van der Waals surface area contributed by atoms with Gasteiger partial charge in [-0.2, -0.15) is 4.39 Å². The summed E-state index contributed by atoms with van der Waals surface area (Å²) in [5, 5.41) is 0. The van der Waals surface area contributed by atoms with Gasteiger partial charge in [0.2, 0.25) is 0 Å². The first-order chi connectivity index (χ1) is 5.23. The Labute approximate surface area is 65.3 Å². The van der Waals surface area contributed by atoms with E-state index >= 15 is 0 Å². The standard InChI is InChI=1S/C8H11FO2/c1-10-7-5-3-4-6-8(7,9)11-2/h4-6H,3H2,1-2H3. The van der Waals surface area contributed by atoms with Crippen LogP contribution in [-0.2, 0) is 9.47 Å². The van der Waals surface area contributed by atoms with Crippen molar-refractivity contribution in [3.05, 3.63) is 24.0 Å². The highest BCUT2D eigenvalue weighted by molar-refractivity contribution is 5.21. The van der Waals surface area contributed by atoms with Gasteiger partial charge in [-0.15, -0.1) is 0 Å². The number of ether oxygens (including phenoxy) is 2. The molecule has 0 bridgehead atoms. The van der Waals surface area contributed by atoms with Crippen molar-refractivity contribution < 1.29 is 13.9 Å². The molecule has 0 spiro atoms. The highest BCUT2D eigenvalue weighted by Crippen LogP contribution is 2.28. The predicted octanol–water partition coefficient (Wildman–Crippen LogP) is 1.79. The van der Waals surface area contributed by atoms with Crippen molar-refractivity contribution in [2.75, 3.05) is 14.2 Å². The molecule has 3 heteroatoms. The topological polar surface area (TPSA) is 18.5 Å². The van der Waals surface area contributed by atoms with E-state index in [9.17, 15) is 4.39 Å². The molecular formula is C8H11FO2. The van der Waals surface area contributed by atoms with Crippen LogP contribution in [0.4, 0.5) is 4.39 Å². The fourth-order valence-electron chi connectivity index (χ4n) is 1.01. The number of rotatable bonds is 2. The fourth-order valence-corrected chi connectivity index (χ4v) is 1.01. The van der Waals surface area contributed by atoms with Gasteiger partial charge in [0.15, 0.2) is 5.76 Å². The molecule has 1 aliphatic rings. The van der Waals surface area contributed by atoms with Gasteiger partial charge in [-0.3, -0.25) is 0 Å². The predicted molar refractivity (Wildman–Crippen MR) is 39.7 cm³/mol. The minimum absolute atomic E-state index is 0.225. The lowest BCUT2D eigenvalue weighted by atomic mass is 10.1. The minimum atomic E-state index is -1.85. The zero-order chi connectivity index (χ0) is 8.32. The Morgan fingerprint density at radius 1 is 1.55 bits per heavy atom. The molecule has 11 heavy (non-hydrogen) atoms. The van der Waals surface area contributed by atoms with Gasteiger partial charge in [-0.05, 0) is 18.6 Å². The van der Waals surface area contributed by atoms with Crippen molar-refractivity contribution in [1.29, 1.82) is 0 Å². The van der Waals surface area contributed by atoms with E-state index in [4.69, 9.17) is 4.74 Å². The van der Waals surface area contributed by atoms with Crippen LogP contribution in [0.3, 0.4) is 0 Å². The Bertz CT molecular complexity index is 198. The molecule has 0 heterocycles. The quantitative estimate of drug-likeness (QED) is 0.570. The average molecular weight is 158 g/mol. The summed E-state index contributed by atoms with van der Waals surface area (Å²) < 4.78 is 22.9. The van der Waals surface area contributed by atoms with Gasteiger partial charge in [0.05, 0.1) is 7.11 Å². The number of allylic oxidation sites excluding steroid dienone is 2. The third-order valence-electron chi connectivity index (χ3n) is 1.62. The number of methoxy groups -OCH3 is 2. The first-order valence-electron chi connectivity index (χ1n) is 3.39. The van der Waals surface area contributed by atoms with E-state index in [1.807, 2.05) is 0 Å². The van der Waals surface area contributed by atoms with Crippen LogP contribution in [0.5, 0.6) is 0 Å². The Morgan fingerprint density at radius 2 is 2.27 bits per heavy atom. The van der Waals surface area contributed by atoms with Gasteiger partial charge in [0.25, 0.3) is 5.85 Å². The number of hydrogen-bond acceptors (Lipinski definition) is 2. The maximum Gasteiger partial charge on any atom is 0.286 e. The number of alkyl halides is 1. The lowest BCUT2D eigenvalue weighted by Crippen LogP contribution is -2.27. The molecule has 0 aromatic carbocycles. The van der Waals surface area contributed by atoms with E-state index in [2.05, 4.69) is 4.74 Å². The summed E-state index contributed by atoms with van der Waals surface area (Å²) in [7, 11) is 2.74. The molecule has 0 saturated heterocycles. The van der Waals surface area contributed by atoms with Gasteiger partial charge in [0, 0.05) is 7.11 Å². The van der Waals surface area contributed by atoms with Crippen molar-refractivity contribution in [3.8, 4) is 0 Å². The Kier molecular flexibility index (Phi) is 2.29. The Balaban J connectivity index is 2.83. The molecule has 0 aliphatic heterocycles. The molecule has 0 amide bonds. The van der Waals surface area contributed by atoms with Gasteiger partial charge in [0.1, 0.15) is 0 Å². The summed E-state index contributed by atoms with van der Waals surface area (Å²) in [6, 6.07) is 0.